The maximum absolute atomic E-state index is 12.0. The summed E-state index contributed by atoms with van der Waals surface area (Å²) in [4.78, 5) is 13.1. The Morgan fingerprint density at radius 1 is 1.19 bits per heavy atom. The number of carbonyl (C=O) groups is 1. The number of benzene rings is 1. The topological polar surface area (TPSA) is 38.3 Å². The van der Waals surface area contributed by atoms with Gasteiger partial charge in [0, 0.05) is 4.88 Å². The molecular formula is C17H21NO2S. The maximum Gasteiger partial charge on any atom is 0.225 e. The van der Waals surface area contributed by atoms with Crippen molar-refractivity contribution in [2.75, 3.05) is 6.61 Å². The van der Waals surface area contributed by atoms with E-state index in [0.717, 1.165) is 10.4 Å². The van der Waals surface area contributed by atoms with Crippen molar-refractivity contribution < 1.29 is 9.53 Å². The third-order valence-electron chi connectivity index (χ3n) is 2.97. The summed E-state index contributed by atoms with van der Waals surface area (Å²) in [5, 5.41) is 5.01. The van der Waals surface area contributed by atoms with Gasteiger partial charge in [-0.15, -0.1) is 11.3 Å². The van der Waals surface area contributed by atoms with E-state index in [1.807, 2.05) is 61.7 Å². The molecule has 1 heterocycles. The highest BCUT2D eigenvalue weighted by Crippen LogP contribution is 2.11. The quantitative estimate of drug-likeness (QED) is 0.851. The molecule has 0 aliphatic rings. The number of ether oxygens (including phenoxy) is 1. The van der Waals surface area contributed by atoms with Gasteiger partial charge < -0.3 is 10.1 Å². The molecule has 3 nitrogen and oxygen atoms in total. The van der Waals surface area contributed by atoms with Crippen LogP contribution in [0.3, 0.4) is 0 Å². The van der Waals surface area contributed by atoms with Gasteiger partial charge in [0.25, 0.3) is 0 Å². The molecule has 0 aliphatic carbocycles. The van der Waals surface area contributed by atoms with Gasteiger partial charge in [-0.1, -0.05) is 36.4 Å². The number of amides is 1. The minimum Gasteiger partial charge on any atom is -0.374 e. The highest BCUT2D eigenvalue weighted by atomic mass is 32.1. The Morgan fingerprint density at radius 2 is 1.95 bits per heavy atom. The van der Waals surface area contributed by atoms with Gasteiger partial charge in [-0.3, -0.25) is 4.79 Å². The Kier molecular flexibility index (Phi) is 5.53. The molecule has 112 valence electrons. The lowest BCUT2D eigenvalue weighted by Crippen LogP contribution is -2.47. The third kappa shape index (κ3) is 5.69. The zero-order chi connectivity index (χ0) is 15.1. The molecule has 0 saturated carbocycles. The summed E-state index contributed by atoms with van der Waals surface area (Å²) in [6.45, 7) is 5.00. The van der Waals surface area contributed by atoms with Crippen molar-refractivity contribution in [3.05, 3.63) is 58.3 Å². The van der Waals surface area contributed by atoms with Crippen molar-refractivity contribution in [1.29, 1.82) is 0 Å². The fourth-order valence-corrected chi connectivity index (χ4v) is 2.73. The van der Waals surface area contributed by atoms with Crippen LogP contribution in [0.1, 0.15) is 24.3 Å². The molecule has 0 radical (unpaired) electrons. The number of nitrogens with one attached hydrogen (secondary N) is 1. The molecule has 1 amide bonds. The van der Waals surface area contributed by atoms with Crippen molar-refractivity contribution in [2.24, 2.45) is 0 Å². The summed E-state index contributed by atoms with van der Waals surface area (Å²) in [5.74, 6) is 0.0331. The first-order valence-corrected chi connectivity index (χ1v) is 7.88. The highest BCUT2D eigenvalue weighted by Gasteiger charge is 2.21. The van der Waals surface area contributed by atoms with Crippen LogP contribution in [-0.4, -0.2) is 18.1 Å². The van der Waals surface area contributed by atoms with E-state index in [0.29, 0.717) is 19.6 Å². The summed E-state index contributed by atoms with van der Waals surface area (Å²) in [7, 11) is 0. The third-order valence-corrected chi connectivity index (χ3v) is 3.84. The van der Waals surface area contributed by atoms with E-state index >= 15 is 0 Å². The maximum atomic E-state index is 12.0. The molecule has 0 atom stereocenters. The van der Waals surface area contributed by atoms with Crippen molar-refractivity contribution in [3.8, 4) is 0 Å². The Balaban J connectivity index is 1.74. The molecule has 0 fully saturated rings. The largest absolute Gasteiger partial charge is 0.374 e. The smallest absolute Gasteiger partial charge is 0.225 e. The summed E-state index contributed by atoms with van der Waals surface area (Å²) in [6, 6.07) is 14.0. The van der Waals surface area contributed by atoms with E-state index in [1.165, 1.54) is 0 Å². The molecule has 1 N–H and O–H groups in total. The average molecular weight is 303 g/mol. The van der Waals surface area contributed by atoms with Crippen LogP contribution >= 0.6 is 11.3 Å². The van der Waals surface area contributed by atoms with Gasteiger partial charge in [-0.2, -0.15) is 0 Å². The van der Waals surface area contributed by atoms with Crippen LogP contribution < -0.4 is 5.32 Å². The van der Waals surface area contributed by atoms with Crippen LogP contribution in [0, 0.1) is 0 Å². The summed E-state index contributed by atoms with van der Waals surface area (Å²) < 4.78 is 5.71. The van der Waals surface area contributed by atoms with Crippen LogP contribution in [0.2, 0.25) is 0 Å². The number of hydrogen-bond donors (Lipinski definition) is 1. The average Bonchev–Trinajstić information content (AvgIpc) is 2.91. The van der Waals surface area contributed by atoms with Gasteiger partial charge >= 0.3 is 0 Å². The Labute approximate surface area is 130 Å². The van der Waals surface area contributed by atoms with Gasteiger partial charge in [-0.25, -0.2) is 0 Å². The first kappa shape index (κ1) is 15.7. The zero-order valence-electron chi connectivity index (χ0n) is 12.5. The zero-order valence-corrected chi connectivity index (χ0v) is 13.3. The SMILES string of the molecule is CC(C)(COCc1ccccc1)NC(=O)Cc1cccs1. The van der Waals surface area contributed by atoms with Crippen molar-refractivity contribution >= 4 is 17.2 Å². The molecule has 0 unspecified atom stereocenters. The van der Waals surface area contributed by atoms with E-state index in [2.05, 4.69) is 5.32 Å². The molecule has 0 spiro atoms. The predicted octanol–water partition coefficient (Wildman–Crippen LogP) is 3.40. The van der Waals surface area contributed by atoms with E-state index in [1.54, 1.807) is 11.3 Å². The lowest BCUT2D eigenvalue weighted by molar-refractivity contribution is -0.122. The summed E-state index contributed by atoms with van der Waals surface area (Å²) >= 11 is 1.60. The van der Waals surface area contributed by atoms with Crippen LogP contribution in [0.25, 0.3) is 0 Å². The normalized spacial score (nSPS) is 11.3. The number of rotatable bonds is 7. The predicted molar refractivity (Wildman–Crippen MR) is 86.3 cm³/mol. The molecule has 0 aliphatic heterocycles. The van der Waals surface area contributed by atoms with Crippen LogP contribution in [-0.2, 0) is 22.6 Å². The molecule has 0 saturated heterocycles. The second kappa shape index (κ2) is 7.38. The van der Waals surface area contributed by atoms with Gasteiger partial charge in [-0.05, 0) is 30.9 Å². The Hall–Kier alpha value is -1.65. The second-order valence-corrected chi connectivity index (χ2v) is 6.70. The molecule has 4 heteroatoms. The molecule has 1 aromatic heterocycles. The van der Waals surface area contributed by atoms with Gasteiger partial charge in [0.05, 0.1) is 25.2 Å². The Bertz CT molecular complexity index is 549. The number of carbonyl (C=O) groups excluding carboxylic acids is 1. The number of thiophene rings is 1. The Morgan fingerprint density at radius 3 is 2.62 bits per heavy atom. The van der Waals surface area contributed by atoms with E-state index < -0.39 is 0 Å². The minimum absolute atomic E-state index is 0.0331. The summed E-state index contributed by atoms with van der Waals surface area (Å²) in [5.41, 5.74) is 0.765. The number of hydrogen-bond acceptors (Lipinski definition) is 3. The summed E-state index contributed by atoms with van der Waals surface area (Å²) in [6.07, 6.45) is 0.430. The molecule has 2 aromatic rings. The first-order valence-electron chi connectivity index (χ1n) is 7.00. The molecule has 0 bridgehead atoms. The van der Waals surface area contributed by atoms with Crippen LogP contribution in [0.4, 0.5) is 0 Å². The lowest BCUT2D eigenvalue weighted by Gasteiger charge is -2.26. The molecule has 2 rings (SSSR count). The fourth-order valence-electron chi connectivity index (χ4n) is 2.03. The van der Waals surface area contributed by atoms with E-state index in [9.17, 15) is 4.79 Å². The van der Waals surface area contributed by atoms with Crippen molar-refractivity contribution in [3.63, 3.8) is 0 Å². The molecule has 21 heavy (non-hydrogen) atoms. The van der Waals surface area contributed by atoms with Crippen molar-refractivity contribution in [2.45, 2.75) is 32.4 Å². The lowest BCUT2D eigenvalue weighted by atomic mass is 10.1. The molecule has 1 aromatic carbocycles. The monoisotopic (exact) mass is 303 g/mol. The minimum atomic E-state index is -0.372. The van der Waals surface area contributed by atoms with E-state index in [4.69, 9.17) is 4.74 Å². The molecular weight excluding hydrogens is 282 g/mol. The van der Waals surface area contributed by atoms with Gasteiger partial charge in [0.15, 0.2) is 0 Å². The van der Waals surface area contributed by atoms with E-state index in [-0.39, 0.29) is 11.4 Å². The second-order valence-electron chi connectivity index (χ2n) is 5.67. The van der Waals surface area contributed by atoms with Crippen molar-refractivity contribution in [1.82, 2.24) is 5.32 Å². The van der Waals surface area contributed by atoms with Gasteiger partial charge in [0.1, 0.15) is 0 Å². The van der Waals surface area contributed by atoms with Gasteiger partial charge in [0.2, 0.25) is 5.91 Å². The highest BCUT2D eigenvalue weighted by molar-refractivity contribution is 7.10. The van der Waals surface area contributed by atoms with Crippen LogP contribution in [0.5, 0.6) is 0 Å². The first-order chi connectivity index (χ1) is 10.1. The standard InChI is InChI=1S/C17H21NO2S/c1-17(2,13-20-12-14-7-4-3-5-8-14)18-16(19)11-15-9-6-10-21-15/h3-10H,11-13H2,1-2H3,(H,18,19). The fraction of sp³-hybridized carbons (Fsp3) is 0.353. The van der Waals surface area contributed by atoms with Crippen LogP contribution in [0.15, 0.2) is 47.8 Å².